The van der Waals surface area contributed by atoms with Gasteiger partial charge in [-0.1, -0.05) is 18.2 Å². The molecule has 0 saturated carbocycles. The van der Waals surface area contributed by atoms with Crippen LogP contribution in [0.15, 0.2) is 66.6 Å². The van der Waals surface area contributed by atoms with Crippen LogP contribution in [-0.4, -0.2) is 95.8 Å². The predicted molar refractivity (Wildman–Crippen MR) is 160 cm³/mol. The molecule has 0 aliphatic carbocycles. The summed E-state index contributed by atoms with van der Waals surface area (Å²) >= 11 is 0. The minimum atomic E-state index is -3.60. The largest absolute Gasteiger partial charge is 0.497 e. The number of nitrogens with zero attached hydrogens (tertiary/aromatic N) is 3. The first kappa shape index (κ1) is 33.4. The molecule has 2 aliphatic rings. The summed E-state index contributed by atoms with van der Waals surface area (Å²) in [5, 5.41) is 0. The monoisotopic (exact) mass is 575 g/mol. The van der Waals surface area contributed by atoms with E-state index < -0.39 is 10.0 Å². The molecule has 0 atom stereocenters. The van der Waals surface area contributed by atoms with Crippen molar-refractivity contribution in [1.29, 1.82) is 0 Å². The molecule has 0 radical (unpaired) electrons. The Morgan fingerprint density at radius 1 is 0.925 bits per heavy atom. The summed E-state index contributed by atoms with van der Waals surface area (Å²) < 4.78 is 42.4. The van der Waals surface area contributed by atoms with Crippen LogP contribution < -0.4 is 9.64 Å². The number of anilines is 1. The number of piperazine rings is 1. The van der Waals surface area contributed by atoms with Gasteiger partial charge in [-0.15, -0.1) is 13.2 Å². The number of sulfonamides is 1. The average Bonchev–Trinajstić information content (AvgIpc) is 2.98. The first-order chi connectivity index (χ1) is 19.3. The van der Waals surface area contributed by atoms with Crippen molar-refractivity contribution in [2.45, 2.75) is 38.4 Å². The third-order valence-corrected chi connectivity index (χ3v) is 8.50. The number of carbonyl (C=O) groups is 1. The smallest absolute Gasteiger partial charge is 0.244 e. The van der Waals surface area contributed by atoms with Gasteiger partial charge in [0.1, 0.15) is 5.75 Å². The lowest BCUT2D eigenvalue weighted by atomic mass is 10.1. The van der Waals surface area contributed by atoms with Crippen molar-refractivity contribution in [3.05, 3.63) is 67.3 Å². The van der Waals surface area contributed by atoms with Gasteiger partial charge in [-0.2, -0.15) is 4.31 Å². The maximum atomic E-state index is 12.8. The lowest BCUT2D eigenvalue weighted by Gasteiger charge is -2.36. The van der Waals surface area contributed by atoms with Crippen molar-refractivity contribution in [3.63, 3.8) is 0 Å². The summed E-state index contributed by atoms with van der Waals surface area (Å²) in [6.07, 6.45) is 0.665. The van der Waals surface area contributed by atoms with E-state index in [1.165, 1.54) is 10.4 Å². The highest BCUT2D eigenvalue weighted by Crippen LogP contribution is 2.26. The lowest BCUT2D eigenvalue weighted by molar-refractivity contribution is -0.123. The van der Waals surface area contributed by atoms with Gasteiger partial charge in [-0.05, 0) is 58.0 Å². The number of hydrogen-bond acceptors (Lipinski definition) is 8. The fourth-order valence-corrected chi connectivity index (χ4v) is 6.26. The molecule has 9 nitrogen and oxygen atoms in total. The van der Waals surface area contributed by atoms with Crippen LogP contribution in [0.1, 0.15) is 37.6 Å². The van der Waals surface area contributed by atoms with Gasteiger partial charge in [0.2, 0.25) is 10.0 Å². The highest BCUT2D eigenvalue weighted by molar-refractivity contribution is 7.89. The molecule has 2 heterocycles. The van der Waals surface area contributed by atoms with E-state index in [0.29, 0.717) is 18.5 Å². The molecule has 0 bridgehead atoms. The number of benzene rings is 2. The van der Waals surface area contributed by atoms with Crippen LogP contribution in [0.5, 0.6) is 5.75 Å². The molecule has 2 aromatic carbocycles. The van der Waals surface area contributed by atoms with E-state index in [4.69, 9.17) is 14.2 Å². The molecular formula is C30H45N3O6S. The van der Waals surface area contributed by atoms with Crippen molar-refractivity contribution in [2.24, 2.45) is 0 Å². The zero-order chi connectivity index (χ0) is 29.5. The summed E-state index contributed by atoms with van der Waals surface area (Å²) in [5.41, 5.74) is 1.47. The number of ketones is 1. The topological polar surface area (TPSA) is 88.6 Å². The molecule has 0 amide bonds. The van der Waals surface area contributed by atoms with Crippen LogP contribution in [0.3, 0.4) is 0 Å². The van der Waals surface area contributed by atoms with E-state index in [9.17, 15) is 13.2 Å². The zero-order valence-corrected chi connectivity index (χ0v) is 25.2. The Morgan fingerprint density at radius 2 is 1.57 bits per heavy atom. The van der Waals surface area contributed by atoms with Gasteiger partial charge in [0.15, 0.2) is 12.1 Å². The van der Waals surface area contributed by atoms with Crippen molar-refractivity contribution in [3.8, 4) is 5.75 Å². The second-order valence-corrected chi connectivity index (χ2v) is 11.0. The van der Waals surface area contributed by atoms with E-state index in [-0.39, 0.29) is 23.5 Å². The zero-order valence-electron chi connectivity index (χ0n) is 24.4. The van der Waals surface area contributed by atoms with E-state index in [0.717, 1.165) is 57.4 Å². The predicted octanol–water partition coefficient (Wildman–Crippen LogP) is 4.30. The SMILES string of the molecule is C=C.CCOC(C)OCC.COc1cccc(N2CCN(CCCN3CC(=O)c4ccccc4S3(=O)=O)CC2)c1. The number of Topliss-reactive ketones (excluding diaryl/α,β-unsaturated/α-hetero) is 1. The second kappa shape index (κ2) is 17.1. The number of carbonyl (C=O) groups excluding carboxylic acids is 1. The second-order valence-electron chi connectivity index (χ2n) is 9.12. The van der Waals surface area contributed by atoms with Gasteiger partial charge in [-0.3, -0.25) is 9.69 Å². The van der Waals surface area contributed by atoms with Gasteiger partial charge in [0.05, 0.1) is 18.6 Å². The van der Waals surface area contributed by atoms with Crippen LogP contribution in [0.25, 0.3) is 0 Å². The fraction of sp³-hybridized carbons (Fsp3) is 0.500. The molecule has 222 valence electrons. The Kier molecular flexibility index (Phi) is 14.3. The normalized spacial score (nSPS) is 16.8. The maximum absolute atomic E-state index is 12.8. The third-order valence-electron chi connectivity index (χ3n) is 6.60. The summed E-state index contributed by atoms with van der Waals surface area (Å²) in [6.45, 7) is 18.0. The first-order valence-corrected chi connectivity index (χ1v) is 15.2. The van der Waals surface area contributed by atoms with Crippen LogP contribution in [0.4, 0.5) is 5.69 Å². The minimum Gasteiger partial charge on any atom is -0.497 e. The maximum Gasteiger partial charge on any atom is 0.244 e. The standard InChI is InChI=1S/C22H27N3O4S.C6H14O2.C2H4/c1-29-19-7-4-6-18(16-19)24-14-12-23(13-15-24)10-5-11-25-17-21(26)20-8-2-3-9-22(20)30(25,27)28;1-4-7-6(3)8-5-2;1-2/h2-4,6-9,16H,5,10-15,17H2,1H3;6H,4-5H2,1-3H3;1-2H2. The molecule has 40 heavy (non-hydrogen) atoms. The van der Waals surface area contributed by atoms with Gasteiger partial charge < -0.3 is 19.1 Å². The molecule has 0 N–H and O–H groups in total. The molecular weight excluding hydrogens is 530 g/mol. The van der Waals surface area contributed by atoms with Crippen molar-refractivity contribution >= 4 is 21.5 Å². The minimum absolute atomic E-state index is 0.0370. The van der Waals surface area contributed by atoms with Gasteiger partial charge >= 0.3 is 0 Å². The van der Waals surface area contributed by atoms with E-state index >= 15 is 0 Å². The van der Waals surface area contributed by atoms with Crippen LogP contribution >= 0.6 is 0 Å². The molecule has 0 aromatic heterocycles. The molecule has 1 saturated heterocycles. The van der Waals surface area contributed by atoms with Crippen molar-refractivity contribution in [2.75, 3.05) is 71.0 Å². The van der Waals surface area contributed by atoms with Crippen molar-refractivity contribution < 1.29 is 27.4 Å². The quantitative estimate of drug-likeness (QED) is 0.306. The Hall–Kier alpha value is -2.76. The summed E-state index contributed by atoms with van der Waals surface area (Å²) in [4.78, 5) is 17.2. The number of fused-ring (bicyclic) bond motifs is 1. The Labute approximate surface area is 240 Å². The van der Waals surface area contributed by atoms with E-state index in [1.54, 1.807) is 25.3 Å². The van der Waals surface area contributed by atoms with Gasteiger partial charge in [0, 0.05) is 63.3 Å². The van der Waals surface area contributed by atoms with E-state index in [1.807, 2.05) is 39.0 Å². The van der Waals surface area contributed by atoms with Crippen LogP contribution in [0.2, 0.25) is 0 Å². The highest BCUT2D eigenvalue weighted by Gasteiger charge is 2.35. The van der Waals surface area contributed by atoms with Gasteiger partial charge in [0.25, 0.3) is 0 Å². The number of ether oxygens (including phenoxy) is 3. The third kappa shape index (κ3) is 9.42. The fourth-order valence-electron chi connectivity index (χ4n) is 4.62. The Morgan fingerprint density at radius 3 is 2.20 bits per heavy atom. The Balaban J connectivity index is 0.000000484. The average molecular weight is 576 g/mol. The van der Waals surface area contributed by atoms with Crippen LogP contribution in [-0.2, 0) is 19.5 Å². The molecule has 2 aliphatic heterocycles. The molecule has 0 unspecified atom stereocenters. The Bertz CT molecular complexity index is 1150. The molecule has 1 fully saturated rings. The summed E-state index contributed by atoms with van der Waals surface area (Å²) in [7, 11) is -1.92. The number of rotatable bonds is 10. The first-order valence-electron chi connectivity index (χ1n) is 13.8. The molecule has 4 rings (SSSR count). The lowest BCUT2D eigenvalue weighted by Crippen LogP contribution is -2.47. The molecule has 0 spiro atoms. The van der Waals surface area contributed by atoms with Crippen molar-refractivity contribution in [1.82, 2.24) is 9.21 Å². The highest BCUT2D eigenvalue weighted by atomic mass is 32.2. The van der Waals surface area contributed by atoms with E-state index in [2.05, 4.69) is 29.0 Å². The summed E-state index contributed by atoms with van der Waals surface area (Å²) in [5.74, 6) is 0.723. The number of hydrogen-bond donors (Lipinski definition) is 0. The summed E-state index contributed by atoms with van der Waals surface area (Å²) in [6, 6.07) is 14.6. The van der Waals surface area contributed by atoms with Gasteiger partial charge in [-0.25, -0.2) is 8.42 Å². The van der Waals surface area contributed by atoms with Crippen LogP contribution in [0, 0.1) is 0 Å². The molecule has 2 aromatic rings. The molecule has 10 heteroatoms. The number of methoxy groups -OCH3 is 1.